The first-order valence-corrected chi connectivity index (χ1v) is 8.77. The minimum absolute atomic E-state index is 0.175. The van der Waals surface area contributed by atoms with Crippen LogP contribution >= 0.6 is 0 Å². The first-order chi connectivity index (χ1) is 13.7. The standard InChI is InChI=1S/C21H19NO6/c1-25-19-11-14(3-5-16(19)17-7-4-15(12-23)28-17)22-21(24)13-2-6-18-20(10-13)27-9-8-26-18/h2-7,10-11,23H,8-9,12H2,1H3,(H,22,24). The summed E-state index contributed by atoms with van der Waals surface area (Å²) in [6.07, 6.45) is 0. The van der Waals surface area contributed by atoms with Gasteiger partial charge in [-0.15, -0.1) is 0 Å². The Morgan fingerprint density at radius 3 is 2.64 bits per heavy atom. The van der Waals surface area contributed by atoms with Gasteiger partial charge in [-0.3, -0.25) is 4.79 Å². The molecule has 0 fully saturated rings. The number of hydrogen-bond donors (Lipinski definition) is 2. The van der Waals surface area contributed by atoms with Crippen molar-refractivity contribution in [1.29, 1.82) is 0 Å². The van der Waals surface area contributed by atoms with Crippen LogP contribution < -0.4 is 19.5 Å². The van der Waals surface area contributed by atoms with Crippen molar-refractivity contribution < 1.29 is 28.5 Å². The largest absolute Gasteiger partial charge is 0.496 e. The first-order valence-electron chi connectivity index (χ1n) is 8.77. The molecule has 28 heavy (non-hydrogen) atoms. The van der Waals surface area contributed by atoms with Crippen LogP contribution in [0.15, 0.2) is 52.9 Å². The number of rotatable bonds is 5. The summed E-state index contributed by atoms with van der Waals surface area (Å²) in [5.74, 6) is 2.50. The number of methoxy groups -OCH3 is 1. The van der Waals surface area contributed by atoms with Gasteiger partial charge in [0.05, 0.1) is 12.7 Å². The highest BCUT2D eigenvalue weighted by atomic mass is 16.6. The number of benzene rings is 2. The van der Waals surface area contributed by atoms with E-state index in [9.17, 15) is 4.79 Å². The monoisotopic (exact) mass is 381 g/mol. The average molecular weight is 381 g/mol. The molecule has 144 valence electrons. The molecule has 0 spiro atoms. The maximum atomic E-state index is 12.6. The molecule has 1 aromatic heterocycles. The van der Waals surface area contributed by atoms with Crippen molar-refractivity contribution in [3.05, 3.63) is 59.9 Å². The number of carbonyl (C=O) groups is 1. The van der Waals surface area contributed by atoms with Gasteiger partial charge in [0.15, 0.2) is 11.5 Å². The van der Waals surface area contributed by atoms with Crippen LogP contribution in [0.25, 0.3) is 11.3 Å². The van der Waals surface area contributed by atoms with Gasteiger partial charge in [-0.25, -0.2) is 0 Å². The number of hydrogen-bond acceptors (Lipinski definition) is 6. The van der Waals surface area contributed by atoms with Crippen molar-refractivity contribution in [1.82, 2.24) is 0 Å². The molecule has 1 aliphatic rings. The maximum Gasteiger partial charge on any atom is 0.255 e. The van der Waals surface area contributed by atoms with Crippen molar-refractivity contribution in [2.45, 2.75) is 6.61 Å². The summed E-state index contributed by atoms with van der Waals surface area (Å²) in [4.78, 5) is 12.6. The zero-order valence-electron chi connectivity index (χ0n) is 15.2. The van der Waals surface area contributed by atoms with Gasteiger partial charge >= 0.3 is 0 Å². The van der Waals surface area contributed by atoms with Crippen LogP contribution in [0.3, 0.4) is 0 Å². The molecule has 1 aliphatic heterocycles. The summed E-state index contributed by atoms with van der Waals surface area (Å²) in [5, 5.41) is 12.0. The Morgan fingerprint density at radius 1 is 1.07 bits per heavy atom. The SMILES string of the molecule is COc1cc(NC(=O)c2ccc3c(c2)OCCO3)ccc1-c1ccc(CO)o1. The second-order valence-electron chi connectivity index (χ2n) is 6.15. The molecule has 2 N–H and O–H groups in total. The van der Waals surface area contributed by atoms with Gasteiger partial charge in [-0.1, -0.05) is 0 Å². The topological polar surface area (TPSA) is 90.2 Å². The summed E-state index contributed by atoms with van der Waals surface area (Å²) >= 11 is 0. The second kappa shape index (κ2) is 7.66. The fourth-order valence-corrected chi connectivity index (χ4v) is 2.97. The Bertz CT molecular complexity index is 1010. The van der Waals surface area contributed by atoms with Gasteiger partial charge in [0, 0.05) is 17.3 Å². The van der Waals surface area contributed by atoms with Gasteiger partial charge in [-0.05, 0) is 42.5 Å². The Kier molecular flexibility index (Phi) is 4.90. The molecule has 0 radical (unpaired) electrons. The summed E-state index contributed by atoms with van der Waals surface area (Å²) in [7, 11) is 1.54. The number of furan rings is 1. The zero-order valence-corrected chi connectivity index (χ0v) is 15.2. The predicted molar refractivity (Wildman–Crippen MR) is 102 cm³/mol. The summed E-state index contributed by atoms with van der Waals surface area (Å²) in [5.41, 5.74) is 1.76. The van der Waals surface area contributed by atoms with E-state index in [0.717, 1.165) is 5.56 Å². The number of carbonyl (C=O) groups excluding carboxylic acids is 1. The Balaban J connectivity index is 1.55. The molecule has 0 atom stereocenters. The third-order valence-corrected chi connectivity index (χ3v) is 4.35. The molecule has 0 unspecified atom stereocenters. The van der Waals surface area contributed by atoms with Crippen LogP contribution in [0.4, 0.5) is 5.69 Å². The molecule has 1 amide bonds. The Labute approximate surface area is 161 Å². The Hall–Kier alpha value is -3.45. The molecule has 0 saturated heterocycles. The number of aliphatic hydroxyl groups is 1. The number of amides is 1. The average Bonchev–Trinajstić information content (AvgIpc) is 3.22. The molecular weight excluding hydrogens is 362 g/mol. The highest BCUT2D eigenvalue weighted by molar-refractivity contribution is 6.05. The molecule has 0 aliphatic carbocycles. The lowest BCUT2D eigenvalue weighted by atomic mass is 10.1. The van der Waals surface area contributed by atoms with Gasteiger partial charge in [0.2, 0.25) is 0 Å². The molecule has 7 heteroatoms. The van der Waals surface area contributed by atoms with Gasteiger partial charge < -0.3 is 29.1 Å². The number of nitrogens with one attached hydrogen (secondary N) is 1. The highest BCUT2D eigenvalue weighted by Crippen LogP contribution is 2.34. The number of aliphatic hydroxyl groups excluding tert-OH is 1. The lowest BCUT2D eigenvalue weighted by Gasteiger charge is -2.18. The Morgan fingerprint density at radius 2 is 1.89 bits per heavy atom. The van der Waals surface area contributed by atoms with E-state index >= 15 is 0 Å². The van der Waals surface area contributed by atoms with Crippen LogP contribution in [-0.4, -0.2) is 31.3 Å². The normalized spacial score (nSPS) is 12.5. The molecular formula is C21H19NO6. The van der Waals surface area contributed by atoms with Crippen LogP contribution in [0.1, 0.15) is 16.1 Å². The number of anilines is 1. The zero-order chi connectivity index (χ0) is 19.5. The highest BCUT2D eigenvalue weighted by Gasteiger charge is 2.16. The van der Waals surface area contributed by atoms with Gasteiger partial charge in [0.25, 0.3) is 5.91 Å². The van der Waals surface area contributed by atoms with Crippen LogP contribution in [0.2, 0.25) is 0 Å². The number of ether oxygens (including phenoxy) is 3. The molecule has 2 heterocycles. The first kappa shape index (κ1) is 17.9. The predicted octanol–water partition coefficient (Wildman–Crippen LogP) is 3.47. The smallest absolute Gasteiger partial charge is 0.255 e. The lowest BCUT2D eigenvalue weighted by molar-refractivity contribution is 0.102. The minimum atomic E-state index is -0.271. The molecule has 3 aromatic rings. The van der Waals surface area contributed by atoms with Crippen molar-refractivity contribution in [2.24, 2.45) is 0 Å². The molecule has 7 nitrogen and oxygen atoms in total. The van der Waals surface area contributed by atoms with E-state index in [0.29, 0.717) is 53.2 Å². The minimum Gasteiger partial charge on any atom is -0.496 e. The van der Waals surface area contributed by atoms with Crippen molar-refractivity contribution in [3.63, 3.8) is 0 Å². The number of fused-ring (bicyclic) bond motifs is 1. The second-order valence-corrected chi connectivity index (χ2v) is 6.15. The van der Waals surface area contributed by atoms with Crippen LogP contribution in [-0.2, 0) is 6.61 Å². The maximum absolute atomic E-state index is 12.6. The van der Waals surface area contributed by atoms with E-state index in [-0.39, 0.29) is 12.5 Å². The van der Waals surface area contributed by atoms with E-state index in [4.69, 9.17) is 23.7 Å². The fourth-order valence-electron chi connectivity index (χ4n) is 2.97. The van der Waals surface area contributed by atoms with Gasteiger partial charge in [-0.2, -0.15) is 0 Å². The summed E-state index contributed by atoms with van der Waals surface area (Å²) < 4.78 is 22.0. The summed E-state index contributed by atoms with van der Waals surface area (Å²) in [6.45, 7) is 0.785. The van der Waals surface area contributed by atoms with Crippen molar-refractivity contribution >= 4 is 11.6 Å². The summed E-state index contributed by atoms with van der Waals surface area (Å²) in [6, 6.07) is 13.8. The van der Waals surface area contributed by atoms with Crippen LogP contribution in [0.5, 0.6) is 17.2 Å². The molecule has 0 bridgehead atoms. The molecule has 4 rings (SSSR count). The van der Waals surface area contributed by atoms with Crippen molar-refractivity contribution in [3.8, 4) is 28.6 Å². The molecule has 2 aromatic carbocycles. The van der Waals surface area contributed by atoms with E-state index in [2.05, 4.69) is 5.32 Å². The third-order valence-electron chi connectivity index (χ3n) is 4.35. The van der Waals surface area contributed by atoms with E-state index in [1.54, 1.807) is 55.6 Å². The lowest BCUT2D eigenvalue weighted by Crippen LogP contribution is -2.17. The fraction of sp³-hybridized carbons (Fsp3) is 0.190. The van der Waals surface area contributed by atoms with Gasteiger partial charge in [0.1, 0.15) is 37.1 Å². The third kappa shape index (κ3) is 3.52. The van der Waals surface area contributed by atoms with E-state index in [1.165, 1.54) is 0 Å². The van der Waals surface area contributed by atoms with E-state index in [1.807, 2.05) is 0 Å². The van der Waals surface area contributed by atoms with Crippen molar-refractivity contribution in [2.75, 3.05) is 25.6 Å². The molecule has 0 saturated carbocycles. The van der Waals surface area contributed by atoms with E-state index < -0.39 is 0 Å². The van der Waals surface area contributed by atoms with Crippen LogP contribution in [0, 0.1) is 0 Å². The quantitative estimate of drug-likeness (QED) is 0.703.